The molecule has 0 spiro atoms. The summed E-state index contributed by atoms with van der Waals surface area (Å²) in [6.07, 6.45) is 3.62. The van der Waals surface area contributed by atoms with Crippen LogP contribution in [0.3, 0.4) is 0 Å². The maximum atomic E-state index is 11.4. The van der Waals surface area contributed by atoms with Gasteiger partial charge in [-0.1, -0.05) is 13.8 Å². The highest BCUT2D eigenvalue weighted by Crippen LogP contribution is 2.54. The summed E-state index contributed by atoms with van der Waals surface area (Å²) in [5, 5.41) is 0. The van der Waals surface area contributed by atoms with E-state index >= 15 is 0 Å². The normalized spacial score (nSPS) is 52.4. The Morgan fingerprint density at radius 1 is 1.60 bits per heavy atom. The van der Waals surface area contributed by atoms with Crippen molar-refractivity contribution < 1.29 is 4.79 Å². The van der Waals surface area contributed by atoms with Gasteiger partial charge in [0.1, 0.15) is 5.78 Å². The number of carbonyl (C=O) groups excluding carboxylic acids is 1. The third kappa shape index (κ3) is 0.561. The van der Waals surface area contributed by atoms with Gasteiger partial charge in [0.25, 0.3) is 0 Å². The SMILES string of the molecule is C[C@@H]1C(=O)[C@H]2CC[C@]1(C)C2. The molecule has 0 saturated heterocycles. The van der Waals surface area contributed by atoms with E-state index in [0.29, 0.717) is 23.0 Å². The largest absolute Gasteiger partial charge is 0.299 e. The summed E-state index contributed by atoms with van der Waals surface area (Å²) < 4.78 is 0. The molecule has 56 valence electrons. The van der Waals surface area contributed by atoms with Crippen LogP contribution >= 0.6 is 0 Å². The van der Waals surface area contributed by atoms with Gasteiger partial charge >= 0.3 is 0 Å². The second-order valence-corrected chi connectivity index (χ2v) is 4.22. The highest BCUT2D eigenvalue weighted by atomic mass is 16.1. The van der Waals surface area contributed by atoms with E-state index in [0.717, 1.165) is 0 Å². The monoisotopic (exact) mass is 138 g/mol. The van der Waals surface area contributed by atoms with Crippen LogP contribution in [0.2, 0.25) is 0 Å². The second-order valence-electron chi connectivity index (χ2n) is 4.22. The molecule has 1 heteroatoms. The molecule has 2 bridgehead atoms. The number of hydrogen-bond donors (Lipinski definition) is 0. The van der Waals surface area contributed by atoms with E-state index in [-0.39, 0.29) is 0 Å². The molecule has 0 aromatic carbocycles. The molecule has 0 amide bonds. The van der Waals surface area contributed by atoms with Crippen molar-refractivity contribution in [1.29, 1.82) is 0 Å². The molecule has 2 aliphatic carbocycles. The fraction of sp³-hybridized carbons (Fsp3) is 0.889. The van der Waals surface area contributed by atoms with Crippen molar-refractivity contribution in [1.82, 2.24) is 0 Å². The van der Waals surface area contributed by atoms with Crippen LogP contribution < -0.4 is 0 Å². The van der Waals surface area contributed by atoms with E-state index in [1.54, 1.807) is 0 Å². The van der Waals surface area contributed by atoms with Crippen LogP contribution in [0.5, 0.6) is 0 Å². The quantitative estimate of drug-likeness (QED) is 0.500. The lowest BCUT2D eigenvalue weighted by Gasteiger charge is -2.26. The predicted octanol–water partition coefficient (Wildman–Crippen LogP) is 2.01. The lowest BCUT2D eigenvalue weighted by molar-refractivity contribution is -0.126. The first kappa shape index (κ1) is 6.38. The smallest absolute Gasteiger partial charge is 0.139 e. The highest BCUT2D eigenvalue weighted by Gasteiger charge is 2.52. The van der Waals surface area contributed by atoms with E-state index in [4.69, 9.17) is 0 Å². The molecule has 2 rings (SSSR count). The summed E-state index contributed by atoms with van der Waals surface area (Å²) in [6.45, 7) is 4.37. The zero-order valence-electron chi connectivity index (χ0n) is 6.68. The molecule has 3 atom stereocenters. The Morgan fingerprint density at radius 2 is 2.30 bits per heavy atom. The van der Waals surface area contributed by atoms with Crippen molar-refractivity contribution >= 4 is 5.78 Å². The Morgan fingerprint density at radius 3 is 2.60 bits per heavy atom. The average Bonchev–Trinajstić information content (AvgIpc) is 2.35. The third-order valence-electron chi connectivity index (χ3n) is 3.65. The van der Waals surface area contributed by atoms with Gasteiger partial charge in [0.15, 0.2) is 0 Å². The molecule has 2 fully saturated rings. The molecule has 2 aliphatic rings. The summed E-state index contributed by atoms with van der Waals surface area (Å²) in [6, 6.07) is 0. The summed E-state index contributed by atoms with van der Waals surface area (Å²) in [7, 11) is 0. The Balaban J connectivity index is 2.34. The third-order valence-corrected chi connectivity index (χ3v) is 3.65. The van der Waals surface area contributed by atoms with Crippen LogP contribution in [0, 0.1) is 17.3 Å². The first-order valence-corrected chi connectivity index (χ1v) is 4.17. The maximum absolute atomic E-state index is 11.4. The molecule has 0 aromatic heterocycles. The number of fused-ring (bicyclic) bond motifs is 2. The standard InChI is InChI=1S/C9H14O/c1-6-8(10)7-3-4-9(6,2)5-7/h6-7H,3-5H2,1-2H3/t6-,7+,9-/m1/s1. The van der Waals surface area contributed by atoms with Crippen molar-refractivity contribution in [3.05, 3.63) is 0 Å². The maximum Gasteiger partial charge on any atom is 0.139 e. The first-order valence-electron chi connectivity index (χ1n) is 4.17. The minimum absolute atomic E-state index is 0.353. The molecule has 10 heavy (non-hydrogen) atoms. The number of carbonyl (C=O) groups is 1. The van der Waals surface area contributed by atoms with Gasteiger partial charge < -0.3 is 0 Å². The number of Topliss-reactive ketones (excluding diaryl/α,β-unsaturated/α-hetero) is 1. The molecule has 1 nitrogen and oxygen atoms in total. The van der Waals surface area contributed by atoms with Crippen molar-refractivity contribution in [2.45, 2.75) is 33.1 Å². The van der Waals surface area contributed by atoms with E-state index in [9.17, 15) is 4.79 Å². The number of hydrogen-bond acceptors (Lipinski definition) is 1. The minimum atomic E-state index is 0.353. The van der Waals surface area contributed by atoms with Crippen LogP contribution in [0.25, 0.3) is 0 Å². The zero-order chi connectivity index (χ0) is 7.35. The summed E-state index contributed by atoms with van der Waals surface area (Å²) in [5.74, 6) is 1.33. The van der Waals surface area contributed by atoms with Crippen molar-refractivity contribution in [2.24, 2.45) is 17.3 Å². The summed E-state index contributed by atoms with van der Waals surface area (Å²) in [4.78, 5) is 11.4. The fourth-order valence-corrected chi connectivity index (χ4v) is 2.60. The van der Waals surface area contributed by atoms with Gasteiger partial charge in [0.05, 0.1) is 0 Å². The number of rotatable bonds is 0. The highest BCUT2D eigenvalue weighted by molar-refractivity contribution is 5.87. The summed E-state index contributed by atoms with van der Waals surface area (Å²) >= 11 is 0. The molecular weight excluding hydrogens is 124 g/mol. The van der Waals surface area contributed by atoms with Crippen LogP contribution in [0.4, 0.5) is 0 Å². The zero-order valence-corrected chi connectivity index (χ0v) is 6.68. The van der Waals surface area contributed by atoms with Crippen LogP contribution in [0.15, 0.2) is 0 Å². The van der Waals surface area contributed by atoms with Gasteiger partial charge in [-0.25, -0.2) is 0 Å². The Kier molecular flexibility index (Phi) is 1.04. The van der Waals surface area contributed by atoms with Gasteiger partial charge in [-0.15, -0.1) is 0 Å². The molecule has 2 saturated carbocycles. The van der Waals surface area contributed by atoms with E-state index in [1.165, 1.54) is 19.3 Å². The molecule has 0 N–H and O–H groups in total. The number of ketones is 1. The molecule has 0 unspecified atom stereocenters. The molecule has 0 aliphatic heterocycles. The van der Waals surface area contributed by atoms with Gasteiger partial charge in [0, 0.05) is 11.8 Å². The van der Waals surface area contributed by atoms with Gasteiger partial charge in [-0.05, 0) is 24.7 Å². The molecule has 0 aromatic rings. The lowest BCUT2D eigenvalue weighted by Crippen LogP contribution is -2.25. The fourth-order valence-electron chi connectivity index (χ4n) is 2.60. The van der Waals surface area contributed by atoms with Crippen LogP contribution in [0.1, 0.15) is 33.1 Å². The molecule has 0 radical (unpaired) electrons. The second kappa shape index (κ2) is 1.63. The van der Waals surface area contributed by atoms with Crippen molar-refractivity contribution in [2.75, 3.05) is 0 Å². The van der Waals surface area contributed by atoms with Gasteiger partial charge in [-0.3, -0.25) is 4.79 Å². The van der Waals surface area contributed by atoms with E-state index in [2.05, 4.69) is 13.8 Å². The first-order chi connectivity index (χ1) is 4.63. The van der Waals surface area contributed by atoms with E-state index in [1.807, 2.05) is 0 Å². The van der Waals surface area contributed by atoms with Crippen molar-refractivity contribution in [3.63, 3.8) is 0 Å². The van der Waals surface area contributed by atoms with Gasteiger partial charge in [-0.2, -0.15) is 0 Å². The Labute approximate surface area is 61.8 Å². The van der Waals surface area contributed by atoms with Crippen LogP contribution in [-0.4, -0.2) is 5.78 Å². The minimum Gasteiger partial charge on any atom is -0.299 e. The average molecular weight is 138 g/mol. The van der Waals surface area contributed by atoms with Crippen LogP contribution in [-0.2, 0) is 4.79 Å². The van der Waals surface area contributed by atoms with Gasteiger partial charge in [0.2, 0.25) is 0 Å². The molecule has 0 heterocycles. The Hall–Kier alpha value is -0.330. The van der Waals surface area contributed by atoms with E-state index < -0.39 is 0 Å². The predicted molar refractivity (Wildman–Crippen MR) is 39.6 cm³/mol. The topological polar surface area (TPSA) is 17.1 Å². The summed E-state index contributed by atoms with van der Waals surface area (Å²) in [5.41, 5.74) is 0.391. The molecular formula is C9H14O. The Bertz CT molecular complexity index is 185. The lowest BCUT2D eigenvalue weighted by atomic mass is 9.77. The van der Waals surface area contributed by atoms with Crippen molar-refractivity contribution in [3.8, 4) is 0 Å².